The molecule has 0 aliphatic heterocycles. The van der Waals surface area contributed by atoms with E-state index in [1.165, 1.54) is 13.2 Å². The number of amides is 1. The van der Waals surface area contributed by atoms with Gasteiger partial charge in [-0.15, -0.1) is 0 Å². The van der Waals surface area contributed by atoms with Crippen LogP contribution in [0.2, 0.25) is 0 Å². The summed E-state index contributed by atoms with van der Waals surface area (Å²) in [7, 11) is 3.09. The van der Waals surface area contributed by atoms with Crippen molar-refractivity contribution in [2.75, 3.05) is 19.5 Å². The van der Waals surface area contributed by atoms with Crippen LogP contribution in [0.4, 0.5) is 5.82 Å². The van der Waals surface area contributed by atoms with Crippen molar-refractivity contribution in [1.29, 1.82) is 0 Å². The van der Waals surface area contributed by atoms with Gasteiger partial charge < -0.3 is 19.3 Å². The third-order valence-electron chi connectivity index (χ3n) is 3.74. The number of ether oxygens (including phenoxy) is 2. The van der Waals surface area contributed by atoms with Crippen molar-refractivity contribution >= 4 is 11.7 Å². The van der Waals surface area contributed by atoms with Gasteiger partial charge in [0, 0.05) is 17.7 Å². The number of aryl methyl sites for hydroxylation is 1. The molecule has 0 fully saturated rings. The van der Waals surface area contributed by atoms with Crippen LogP contribution < -0.4 is 20.3 Å². The van der Waals surface area contributed by atoms with E-state index in [1.54, 1.807) is 44.4 Å². The summed E-state index contributed by atoms with van der Waals surface area (Å²) >= 11 is 0. The van der Waals surface area contributed by atoms with Crippen molar-refractivity contribution < 1.29 is 18.8 Å². The van der Waals surface area contributed by atoms with Gasteiger partial charge in [-0.1, -0.05) is 5.16 Å². The number of carbonyl (C=O) groups is 1. The Morgan fingerprint density at radius 3 is 2.67 bits per heavy atom. The van der Waals surface area contributed by atoms with Crippen molar-refractivity contribution in [3.63, 3.8) is 0 Å². The van der Waals surface area contributed by atoms with Gasteiger partial charge in [-0.05, 0) is 31.2 Å². The number of hydrogen-bond acceptors (Lipinski definition) is 7. The quantitative estimate of drug-likeness (QED) is 0.705. The zero-order valence-corrected chi connectivity index (χ0v) is 15.1. The molecule has 140 valence electrons. The molecular formula is C18H18N4O5. The number of aromatic nitrogens is 3. The van der Waals surface area contributed by atoms with E-state index in [1.807, 2.05) is 0 Å². The minimum absolute atomic E-state index is 0.273. The summed E-state index contributed by atoms with van der Waals surface area (Å²) in [4.78, 5) is 24.3. The van der Waals surface area contributed by atoms with Crippen LogP contribution in [0.3, 0.4) is 0 Å². The molecule has 0 spiro atoms. The number of methoxy groups -OCH3 is 2. The second kappa shape index (κ2) is 7.73. The Morgan fingerprint density at radius 2 is 2.00 bits per heavy atom. The molecule has 9 heteroatoms. The largest absolute Gasteiger partial charge is 0.497 e. The van der Waals surface area contributed by atoms with Gasteiger partial charge >= 0.3 is 0 Å². The molecule has 0 atom stereocenters. The minimum atomic E-state index is -0.451. The van der Waals surface area contributed by atoms with Gasteiger partial charge in [0.15, 0.2) is 5.82 Å². The Balaban J connectivity index is 1.88. The maximum Gasteiger partial charge on any atom is 0.267 e. The first-order chi connectivity index (χ1) is 13.0. The van der Waals surface area contributed by atoms with Gasteiger partial charge in [0.2, 0.25) is 5.91 Å². The smallest absolute Gasteiger partial charge is 0.267 e. The fraction of sp³-hybridized carbons (Fsp3) is 0.222. The summed E-state index contributed by atoms with van der Waals surface area (Å²) in [5.74, 6) is 1.57. The summed E-state index contributed by atoms with van der Waals surface area (Å²) in [6, 6.07) is 9.72. The molecule has 3 rings (SSSR count). The first kappa shape index (κ1) is 18.2. The van der Waals surface area contributed by atoms with Crippen molar-refractivity contribution in [2.45, 2.75) is 13.5 Å². The summed E-state index contributed by atoms with van der Waals surface area (Å²) in [5.41, 5.74) is 0.695. The number of nitrogens with zero attached hydrogens (tertiary/aromatic N) is 3. The first-order valence-electron chi connectivity index (χ1n) is 8.04. The zero-order chi connectivity index (χ0) is 19.4. The molecular weight excluding hydrogens is 352 g/mol. The fourth-order valence-corrected chi connectivity index (χ4v) is 2.46. The van der Waals surface area contributed by atoms with E-state index in [9.17, 15) is 9.59 Å². The monoisotopic (exact) mass is 370 g/mol. The number of nitrogens with one attached hydrogen (secondary N) is 1. The molecule has 0 aliphatic rings. The van der Waals surface area contributed by atoms with Gasteiger partial charge in [-0.3, -0.25) is 9.59 Å². The summed E-state index contributed by atoms with van der Waals surface area (Å²) in [5, 5.41) is 10.5. The van der Waals surface area contributed by atoms with Crippen LogP contribution in [0.15, 0.2) is 45.7 Å². The molecule has 3 aromatic rings. The molecule has 1 amide bonds. The standard InChI is InChI=1S/C18H18N4O5/c1-11-8-16(21-27-11)19-17(23)10-22-18(24)7-5-14(20-22)13-9-12(25-2)4-6-15(13)26-3/h4-9H,10H2,1-3H3,(H,19,21,23). The van der Waals surface area contributed by atoms with Gasteiger partial charge in [0.25, 0.3) is 5.56 Å². The number of benzene rings is 1. The molecule has 0 aliphatic carbocycles. The van der Waals surface area contributed by atoms with Gasteiger partial charge in [-0.25, -0.2) is 4.68 Å². The number of carbonyl (C=O) groups excluding carboxylic acids is 1. The summed E-state index contributed by atoms with van der Waals surface area (Å²) < 4.78 is 16.5. The van der Waals surface area contributed by atoms with E-state index in [2.05, 4.69) is 15.6 Å². The Bertz CT molecular complexity index is 1020. The number of anilines is 1. The van der Waals surface area contributed by atoms with E-state index in [-0.39, 0.29) is 12.4 Å². The summed E-state index contributed by atoms with van der Waals surface area (Å²) in [6.07, 6.45) is 0. The van der Waals surface area contributed by atoms with Crippen LogP contribution in [-0.2, 0) is 11.3 Å². The van der Waals surface area contributed by atoms with Gasteiger partial charge in [0.1, 0.15) is 23.8 Å². The lowest BCUT2D eigenvalue weighted by atomic mass is 10.1. The van der Waals surface area contributed by atoms with Gasteiger partial charge in [-0.2, -0.15) is 5.10 Å². The Kier molecular flexibility index (Phi) is 5.20. The molecule has 1 aromatic carbocycles. The summed E-state index contributed by atoms with van der Waals surface area (Å²) in [6.45, 7) is 1.44. The van der Waals surface area contributed by atoms with E-state index >= 15 is 0 Å². The zero-order valence-electron chi connectivity index (χ0n) is 15.1. The Labute approximate surface area is 154 Å². The minimum Gasteiger partial charge on any atom is -0.497 e. The molecule has 2 heterocycles. The van der Waals surface area contributed by atoms with E-state index < -0.39 is 11.5 Å². The molecule has 1 N–H and O–H groups in total. The van der Waals surface area contributed by atoms with Crippen molar-refractivity contribution in [3.05, 3.63) is 52.5 Å². The third-order valence-corrected chi connectivity index (χ3v) is 3.74. The normalized spacial score (nSPS) is 10.5. The highest BCUT2D eigenvalue weighted by atomic mass is 16.5. The highest BCUT2D eigenvalue weighted by molar-refractivity contribution is 5.89. The number of rotatable bonds is 6. The van der Waals surface area contributed by atoms with Crippen LogP contribution in [0, 0.1) is 6.92 Å². The Morgan fingerprint density at radius 1 is 1.19 bits per heavy atom. The molecule has 9 nitrogen and oxygen atoms in total. The predicted octanol–water partition coefficient (Wildman–Crippen LogP) is 1.86. The fourth-order valence-electron chi connectivity index (χ4n) is 2.46. The second-order valence-corrected chi connectivity index (χ2v) is 5.65. The molecule has 0 unspecified atom stereocenters. The van der Waals surface area contributed by atoms with E-state index in [0.717, 1.165) is 4.68 Å². The topological polar surface area (TPSA) is 108 Å². The van der Waals surface area contributed by atoms with E-state index in [0.29, 0.717) is 28.5 Å². The third kappa shape index (κ3) is 4.14. The lowest BCUT2D eigenvalue weighted by Gasteiger charge is -2.11. The van der Waals surface area contributed by atoms with Crippen LogP contribution in [0.25, 0.3) is 11.3 Å². The highest BCUT2D eigenvalue weighted by Gasteiger charge is 2.13. The maximum atomic E-state index is 12.2. The Hall–Kier alpha value is -3.62. The lowest BCUT2D eigenvalue weighted by Crippen LogP contribution is -2.29. The van der Waals surface area contributed by atoms with Gasteiger partial charge in [0.05, 0.1) is 19.9 Å². The highest BCUT2D eigenvalue weighted by Crippen LogP contribution is 2.31. The van der Waals surface area contributed by atoms with Crippen LogP contribution in [-0.4, -0.2) is 35.1 Å². The second-order valence-electron chi connectivity index (χ2n) is 5.65. The predicted molar refractivity (Wildman–Crippen MR) is 96.9 cm³/mol. The van der Waals surface area contributed by atoms with Crippen LogP contribution in [0.5, 0.6) is 11.5 Å². The van der Waals surface area contributed by atoms with E-state index in [4.69, 9.17) is 14.0 Å². The van der Waals surface area contributed by atoms with Crippen LogP contribution >= 0.6 is 0 Å². The maximum absolute atomic E-state index is 12.2. The van der Waals surface area contributed by atoms with Crippen molar-refractivity contribution in [3.8, 4) is 22.8 Å². The molecule has 27 heavy (non-hydrogen) atoms. The average molecular weight is 370 g/mol. The molecule has 2 aromatic heterocycles. The van der Waals surface area contributed by atoms with Crippen molar-refractivity contribution in [2.24, 2.45) is 0 Å². The molecule has 0 saturated heterocycles. The molecule has 0 saturated carbocycles. The van der Waals surface area contributed by atoms with Crippen molar-refractivity contribution in [1.82, 2.24) is 14.9 Å². The molecule has 0 bridgehead atoms. The average Bonchev–Trinajstić information content (AvgIpc) is 3.07. The lowest BCUT2D eigenvalue weighted by molar-refractivity contribution is -0.117. The number of hydrogen-bond donors (Lipinski definition) is 1. The van der Waals surface area contributed by atoms with Crippen LogP contribution in [0.1, 0.15) is 5.76 Å². The molecule has 0 radical (unpaired) electrons. The SMILES string of the molecule is COc1ccc(OC)c(-c2ccc(=O)n(CC(=O)Nc3cc(C)on3)n2)c1. The first-order valence-corrected chi connectivity index (χ1v) is 8.04.